The zero-order valence-corrected chi connectivity index (χ0v) is 15.6. The van der Waals surface area contributed by atoms with Crippen molar-refractivity contribution in [2.75, 3.05) is 32.8 Å². The van der Waals surface area contributed by atoms with Gasteiger partial charge < -0.3 is 10.1 Å². The van der Waals surface area contributed by atoms with Gasteiger partial charge >= 0.3 is 5.69 Å². The lowest BCUT2D eigenvalue weighted by Crippen LogP contribution is -2.47. The summed E-state index contributed by atoms with van der Waals surface area (Å²) in [6, 6.07) is 7.67. The quantitative estimate of drug-likeness (QED) is 0.801. The van der Waals surface area contributed by atoms with E-state index in [1.165, 1.54) is 0 Å². The summed E-state index contributed by atoms with van der Waals surface area (Å²) < 4.78 is 8.67. The number of benzene rings is 1. The number of nitrogens with one attached hydrogen (secondary N) is 1. The fraction of sp³-hybridized carbons (Fsp3) is 0.579. The molecule has 2 aromatic rings. The highest BCUT2D eigenvalue weighted by Gasteiger charge is 2.18. The number of imidazole rings is 1. The molecule has 26 heavy (non-hydrogen) atoms. The zero-order valence-electron chi connectivity index (χ0n) is 15.6. The van der Waals surface area contributed by atoms with Crippen molar-refractivity contribution in [3.8, 4) is 0 Å². The lowest BCUT2D eigenvalue weighted by atomic mass is 10.2. The van der Waals surface area contributed by atoms with Crippen LogP contribution in [0.4, 0.5) is 0 Å². The van der Waals surface area contributed by atoms with Crippen molar-refractivity contribution >= 4 is 16.9 Å². The molecule has 7 nitrogen and oxygen atoms in total. The highest BCUT2D eigenvalue weighted by atomic mass is 16.5. The van der Waals surface area contributed by atoms with Gasteiger partial charge in [-0.1, -0.05) is 19.1 Å². The molecule has 1 saturated heterocycles. The molecule has 3 rings (SSSR count). The number of rotatable bonds is 7. The summed E-state index contributed by atoms with van der Waals surface area (Å²) in [5, 5.41) is 3.02. The van der Waals surface area contributed by atoms with Gasteiger partial charge in [-0.15, -0.1) is 0 Å². The summed E-state index contributed by atoms with van der Waals surface area (Å²) in [5.74, 6) is -0.132. The maximum Gasteiger partial charge on any atom is 0.329 e. The van der Waals surface area contributed by atoms with Crippen LogP contribution in [0.15, 0.2) is 29.1 Å². The van der Waals surface area contributed by atoms with E-state index in [2.05, 4.69) is 10.2 Å². The highest BCUT2D eigenvalue weighted by Crippen LogP contribution is 2.13. The first-order chi connectivity index (χ1) is 12.6. The van der Waals surface area contributed by atoms with Crippen LogP contribution in [0.3, 0.4) is 0 Å². The number of nitrogens with zero attached hydrogens (tertiary/aromatic N) is 3. The predicted molar refractivity (Wildman–Crippen MR) is 101 cm³/mol. The van der Waals surface area contributed by atoms with Crippen LogP contribution < -0.4 is 11.0 Å². The fourth-order valence-corrected chi connectivity index (χ4v) is 3.55. The number of carbonyl (C=O) groups excluding carboxylic acids is 1. The number of ether oxygens (including phenoxy) is 1. The van der Waals surface area contributed by atoms with E-state index in [0.29, 0.717) is 6.54 Å². The van der Waals surface area contributed by atoms with Gasteiger partial charge in [-0.05, 0) is 25.5 Å². The van der Waals surface area contributed by atoms with Crippen molar-refractivity contribution in [1.29, 1.82) is 0 Å². The molecule has 0 radical (unpaired) electrons. The van der Waals surface area contributed by atoms with Crippen LogP contribution in [0, 0.1) is 0 Å². The molecular formula is C19H28N4O3. The van der Waals surface area contributed by atoms with Gasteiger partial charge in [0.1, 0.15) is 6.54 Å². The van der Waals surface area contributed by atoms with E-state index in [0.717, 1.165) is 50.3 Å². The van der Waals surface area contributed by atoms with E-state index in [-0.39, 0.29) is 24.2 Å². The molecule has 0 bridgehead atoms. The Morgan fingerprint density at radius 1 is 1.19 bits per heavy atom. The molecule has 1 aromatic carbocycles. The number of carbonyl (C=O) groups is 1. The van der Waals surface area contributed by atoms with Gasteiger partial charge in [0.05, 0.1) is 24.2 Å². The lowest BCUT2D eigenvalue weighted by molar-refractivity contribution is -0.122. The Morgan fingerprint density at radius 2 is 1.85 bits per heavy atom. The summed E-state index contributed by atoms with van der Waals surface area (Å²) in [4.78, 5) is 27.5. The van der Waals surface area contributed by atoms with Crippen molar-refractivity contribution in [2.24, 2.45) is 0 Å². The molecule has 1 aliphatic rings. The third-order valence-electron chi connectivity index (χ3n) is 4.72. The maximum atomic E-state index is 12.7. The second-order valence-electron chi connectivity index (χ2n) is 6.89. The first-order valence-electron chi connectivity index (χ1n) is 9.37. The first-order valence-corrected chi connectivity index (χ1v) is 9.37. The molecule has 0 saturated carbocycles. The monoisotopic (exact) mass is 360 g/mol. The average Bonchev–Trinajstić information content (AvgIpc) is 2.89. The molecule has 1 aliphatic heterocycles. The third kappa shape index (κ3) is 4.16. The second kappa shape index (κ2) is 8.51. The third-order valence-corrected chi connectivity index (χ3v) is 4.72. The van der Waals surface area contributed by atoms with Crippen LogP contribution in [0.2, 0.25) is 0 Å². The number of fused-ring (bicyclic) bond motifs is 1. The molecule has 1 N–H and O–H groups in total. The van der Waals surface area contributed by atoms with Crippen molar-refractivity contribution in [2.45, 2.75) is 39.4 Å². The van der Waals surface area contributed by atoms with E-state index >= 15 is 0 Å². The van der Waals surface area contributed by atoms with Crippen molar-refractivity contribution in [3.05, 3.63) is 34.7 Å². The first kappa shape index (κ1) is 18.7. The number of aromatic nitrogens is 2. The Morgan fingerprint density at radius 3 is 2.50 bits per heavy atom. The number of hydrogen-bond acceptors (Lipinski definition) is 4. The molecule has 0 aliphatic carbocycles. The van der Waals surface area contributed by atoms with Crippen LogP contribution in [-0.2, 0) is 22.6 Å². The average molecular weight is 360 g/mol. The maximum absolute atomic E-state index is 12.7. The molecule has 142 valence electrons. The Hall–Kier alpha value is -2.12. The Labute approximate surface area is 153 Å². The molecule has 0 spiro atoms. The standard InChI is InChI=1S/C19H28N4O3/c1-3-8-22-16-6-4-5-7-17(16)23(19(22)25)14-18(24)20-15(2)13-21-9-11-26-12-10-21/h4-7,15H,3,8-14H2,1-2H3,(H,20,24). The van der Waals surface area contributed by atoms with Crippen LogP contribution in [0.5, 0.6) is 0 Å². The van der Waals surface area contributed by atoms with Gasteiger partial charge in [0, 0.05) is 32.2 Å². The van der Waals surface area contributed by atoms with Crippen molar-refractivity contribution < 1.29 is 9.53 Å². The fourth-order valence-electron chi connectivity index (χ4n) is 3.55. The Bertz CT molecular complexity index is 805. The molecule has 7 heteroatoms. The minimum atomic E-state index is -0.132. The zero-order chi connectivity index (χ0) is 18.5. The molecule has 2 heterocycles. The number of aryl methyl sites for hydroxylation is 1. The Kier molecular flexibility index (Phi) is 6.11. The largest absolute Gasteiger partial charge is 0.379 e. The SMILES string of the molecule is CCCn1c(=O)n(CC(=O)NC(C)CN2CCOCC2)c2ccccc21. The summed E-state index contributed by atoms with van der Waals surface area (Å²) in [5.41, 5.74) is 1.57. The van der Waals surface area contributed by atoms with Crippen LogP contribution >= 0.6 is 0 Å². The minimum Gasteiger partial charge on any atom is -0.379 e. The predicted octanol–water partition coefficient (Wildman–Crippen LogP) is 1.05. The minimum absolute atomic E-state index is 0.0280. The second-order valence-corrected chi connectivity index (χ2v) is 6.89. The number of amides is 1. The highest BCUT2D eigenvalue weighted by molar-refractivity contribution is 5.81. The van der Waals surface area contributed by atoms with Gasteiger partial charge in [0.2, 0.25) is 5.91 Å². The van der Waals surface area contributed by atoms with Gasteiger partial charge in [0.15, 0.2) is 0 Å². The smallest absolute Gasteiger partial charge is 0.329 e. The molecule has 1 amide bonds. The van der Waals surface area contributed by atoms with Crippen LogP contribution in [0.1, 0.15) is 20.3 Å². The van der Waals surface area contributed by atoms with E-state index in [1.807, 2.05) is 38.1 Å². The topological polar surface area (TPSA) is 68.5 Å². The molecule has 1 aromatic heterocycles. The van der Waals surface area contributed by atoms with E-state index in [1.54, 1.807) is 9.13 Å². The summed E-state index contributed by atoms with van der Waals surface area (Å²) in [7, 11) is 0. The van der Waals surface area contributed by atoms with Crippen molar-refractivity contribution in [3.63, 3.8) is 0 Å². The van der Waals surface area contributed by atoms with Gasteiger partial charge in [-0.3, -0.25) is 18.8 Å². The van der Waals surface area contributed by atoms with Gasteiger partial charge in [-0.2, -0.15) is 0 Å². The summed E-state index contributed by atoms with van der Waals surface area (Å²) >= 11 is 0. The van der Waals surface area contributed by atoms with Gasteiger partial charge in [-0.25, -0.2) is 4.79 Å². The normalized spacial score (nSPS) is 16.7. The molecular weight excluding hydrogens is 332 g/mol. The van der Waals surface area contributed by atoms with Crippen LogP contribution in [-0.4, -0.2) is 58.8 Å². The molecule has 1 unspecified atom stereocenters. The number of morpholine rings is 1. The lowest BCUT2D eigenvalue weighted by Gasteiger charge is -2.29. The number of hydrogen-bond donors (Lipinski definition) is 1. The molecule has 1 atom stereocenters. The number of para-hydroxylation sites is 2. The molecule has 1 fully saturated rings. The van der Waals surface area contributed by atoms with Gasteiger partial charge in [0.25, 0.3) is 0 Å². The summed E-state index contributed by atoms with van der Waals surface area (Å²) in [6.07, 6.45) is 0.872. The van der Waals surface area contributed by atoms with Crippen LogP contribution in [0.25, 0.3) is 11.0 Å². The van der Waals surface area contributed by atoms with E-state index < -0.39 is 0 Å². The Balaban J connectivity index is 1.69. The summed E-state index contributed by atoms with van der Waals surface area (Å²) in [6.45, 7) is 8.80. The van der Waals surface area contributed by atoms with Crippen molar-refractivity contribution in [1.82, 2.24) is 19.4 Å². The van der Waals surface area contributed by atoms with E-state index in [4.69, 9.17) is 4.74 Å². The van der Waals surface area contributed by atoms with E-state index in [9.17, 15) is 9.59 Å².